The van der Waals surface area contributed by atoms with Gasteiger partial charge in [-0.2, -0.15) is 0 Å². The SMILES string of the molecule is CC(C)(C)C1CCC(C2CC3C4B(C5CC(C6CCCCC6)CCC5N3C3C(C5CCCCC5)CC(C5CCCCC5)CC3C3CCCCC3)C3CC(C5CC6CC(C(C)(C)C)CC7CCC8CC(C(C)(C)C)CC5C8C76)CCC3N(C3C(C5CCCCC5)CC(C5CCCCC5)CC3C3CCCCC3)C4C2)CC1. The molecule has 23 unspecified atom stereocenters. The molecule has 2 saturated heterocycles. The summed E-state index contributed by atoms with van der Waals surface area (Å²) in [4.78, 5) is 8.11. The van der Waals surface area contributed by atoms with Gasteiger partial charge in [0.25, 0.3) is 0 Å². The minimum absolute atomic E-state index is 0.434. The average Bonchev–Trinajstić information content (AvgIpc) is 0.687. The molecule has 0 aromatic carbocycles. The molecule has 17 saturated carbocycles. The molecule has 0 N–H and O–H groups in total. The molecule has 19 fully saturated rings. The van der Waals surface area contributed by atoms with Crippen molar-refractivity contribution in [3.63, 3.8) is 0 Å². The first-order valence-corrected chi connectivity index (χ1v) is 52.5. The molecule has 0 aromatic heterocycles. The van der Waals surface area contributed by atoms with Gasteiger partial charge in [-0.3, -0.25) is 9.80 Å². The van der Waals surface area contributed by atoms with Crippen molar-refractivity contribution in [3.05, 3.63) is 0 Å². The first kappa shape index (κ1) is 78.8. The Morgan fingerprint density at radius 3 is 0.899 bits per heavy atom. The fourth-order valence-electron chi connectivity index (χ4n) is 38.2. The summed E-state index contributed by atoms with van der Waals surface area (Å²) in [5, 5.41) is 0. The Labute approximate surface area is 676 Å². The number of hydrogen-bond donors (Lipinski definition) is 0. The highest BCUT2D eigenvalue weighted by molar-refractivity contribution is 6.65. The van der Waals surface area contributed by atoms with E-state index in [1.54, 1.807) is 340 Å². The topological polar surface area (TPSA) is 6.48 Å². The number of hydrogen-bond acceptors (Lipinski definition) is 2. The smallest absolute Gasteiger partial charge is 0.156 e. The third kappa shape index (κ3) is 15.6. The molecule has 17 aliphatic carbocycles. The van der Waals surface area contributed by atoms with Gasteiger partial charge in [0.15, 0.2) is 6.71 Å². The van der Waals surface area contributed by atoms with Crippen LogP contribution in [0.3, 0.4) is 0 Å². The second kappa shape index (κ2) is 33.2. The monoisotopic (exact) mass is 1490 g/mol. The predicted molar refractivity (Wildman–Crippen MR) is 464 cm³/mol. The Balaban J connectivity index is 0.803. The largest absolute Gasteiger partial charge is 0.295 e. The van der Waals surface area contributed by atoms with Crippen molar-refractivity contribution in [3.8, 4) is 0 Å². The van der Waals surface area contributed by atoms with Crippen molar-refractivity contribution in [2.45, 2.75) is 488 Å². The van der Waals surface area contributed by atoms with Gasteiger partial charge in [-0.05, 0) is 328 Å². The normalized spacial score (nSPS) is 47.9. The molecule has 2 heterocycles. The van der Waals surface area contributed by atoms with E-state index >= 15 is 0 Å². The third-order valence-electron chi connectivity index (χ3n) is 43.1. The Kier molecular flexibility index (Phi) is 24.0. The second-order valence-electron chi connectivity index (χ2n) is 50.5. The fourth-order valence-corrected chi connectivity index (χ4v) is 38.2. The van der Waals surface area contributed by atoms with Crippen LogP contribution in [0.2, 0.25) is 17.5 Å². The van der Waals surface area contributed by atoms with E-state index in [0.29, 0.717) is 16.2 Å². The van der Waals surface area contributed by atoms with Gasteiger partial charge < -0.3 is 0 Å². The summed E-state index contributed by atoms with van der Waals surface area (Å²) < 4.78 is 0. The molecule has 23 atom stereocenters. The molecule has 0 amide bonds. The van der Waals surface area contributed by atoms with Gasteiger partial charge in [0, 0.05) is 36.3 Å². The van der Waals surface area contributed by atoms with Crippen molar-refractivity contribution in [2.75, 3.05) is 0 Å². The summed E-state index contributed by atoms with van der Waals surface area (Å²) in [7, 11) is 0. The van der Waals surface area contributed by atoms with Gasteiger partial charge in [-0.1, -0.05) is 300 Å². The van der Waals surface area contributed by atoms with E-state index in [2.05, 4.69) is 72.1 Å². The van der Waals surface area contributed by atoms with Gasteiger partial charge in [0.1, 0.15) is 0 Å². The molecule has 0 spiro atoms. The van der Waals surface area contributed by atoms with E-state index < -0.39 is 0 Å². The van der Waals surface area contributed by atoms with E-state index in [1.165, 1.54) is 32.1 Å². The summed E-state index contributed by atoms with van der Waals surface area (Å²) >= 11 is 0. The Hall–Kier alpha value is -0.0151. The Morgan fingerprint density at radius 2 is 0.495 bits per heavy atom. The van der Waals surface area contributed by atoms with Gasteiger partial charge in [0.2, 0.25) is 0 Å². The Morgan fingerprint density at radius 1 is 0.193 bits per heavy atom. The minimum Gasteiger partial charge on any atom is -0.295 e. The first-order chi connectivity index (χ1) is 52.9. The predicted octanol–water partition coefficient (Wildman–Crippen LogP) is 30.1. The molecule has 0 radical (unpaired) electrons. The van der Waals surface area contributed by atoms with Gasteiger partial charge in [0.05, 0.1) is 0 Å². The summed E-state index contributed by atoms with van der Waals surface area (Å²) in [6, 6.07) is 5.18. The highest BCUT2D eigenvalue weighted by Gasteiger charge is 2.70. The zero-order chi connectivity index (χ0) is 74.0. The molecule has 2 aliphatic heterocycles. The van der Waals surface area contributed by atoms with Crippen molar-refractivity contribution < 1.29 is 0 Å². The lowest BCUT2D eigenvalue weighted by molar-refractivity contribution is -0.158. The summed E-state index contributed by atoms with van der Waals surface area (Å²) in [6.07, 6.45) is 92.4. The van der Waals surface area contributed by atoms with Crippen LogP contribution in [0, 0.1) is 176 Å². The average molecular weight is 1490 g/mol. The maximum atomic E-state index is 4.07. The van der Waals surface area contributed by atoms with Gasteiger partial charge in [-0.25, -0.2) is 0 Å². The molecule has 3 heteroatoms. The number of nitrogens with zero attached hydrogens (tertiary/aromatic N) is 2. The lowest BCUT2D eigenvalue weighted by Gasteiger charge is -2.73. The summed E-state index contributed by atoms with van der Waals surface area (Å²) in [5.41, 5.74) is 1.33. The van der Waals surface area contributed by atoms with Crippen LogP contribution >= 0.6 is 0 Å². The van der Waals surface area contributed by atoms with Crippen molar-refractivity contribution >= 4 is 6.71 Å². The van der Waals surface area contributed by atoms with E-state index in [1.807, 2.05) is 0 Å². The first-order valence-electron chi connectivity index (χ1n) is 52.5. The van der Waals surface area contributed by atoms with E-state index in [9.17, 15) is 0 Å². The molecule has 19 aliphatic rings. The standard InChI is InChI=1S/C106H179BN2/c1-104(2,3)84-51-47-71(48-52-84)82-65-97-101-98(66-82)109(103-90(74-41-27-15-28-42-74)60-81(70-35-21-12-22-36-70)61-91(103)75-43-29-16-30-44-75)96-54-50-77(87-62-83-57-85(105(4,5)6)55-78-45-46-79-56-86(106(7,8)9)67-92(87)100(79)99(78)83)64-94(96)107(101)93-63-76(68-31-17-10-18-32-68)49-53-95(93)108(97)102-88(72-37-23-13-24-38-72)58-80(69-33-19-11-20-34-69)59-89(102)73-39-25-14-26-40-73/h68-103H,10-67H2,1-9H3. The highest BCUT2D eigenvalue weighted by Crippen LogP contribution is 2.72. The van der Waals surface area contributed by atoms with Crippen LogP contribution in [-0.4, -0.2) is 52.8 Å². The highest BCUT2D eigenvalue weighted by atomic mass is 15.3. The van der Waals surface area contributed by atoms with Crippen molar-refractivity contribution in [1.82, 2.24) is 9.80 Å². The van der Waals surface area contributed by atoms with Crippen LogP contribution in [0.25, 0.3) is 0 Å². The van der Waals surface area contributed by atoms with Crippen LogP contribution in [0.15, 0.2) is 0 Å². The van der Waals surface area contributed by atoms with Crippen LogP contribution in [0.1, 0.15) is 435 Å². The van der Waals surface area contributed by atoms with Crippen LogP contribution in [0.4, 0.5) is 0 Å². The third-order valence-corrected chi connectivity index (χ3v) is 43.1. The van der Waals surface area contributed by atoms with Gasteiger partial charge >= 0.3 is 0 Å². The Bertz CT molecular complexity index is 2810. The van der Waals surface area contributed by atoms with E-state index in [4.69, 9.17) is 0 Å². The molecular formula is C106H179BN2. The van der Waals surface area contributed by atoms with Crippen LogP contribution in [0.5, 0.6) is 0 Å². The maximum absolute atomic E-state index is 4.07. The van der Waals surface area contributed by atoms with Crippen LogP contribution < -0.4 is 0 Å². The molecule has 0 bridgehead atoms. The van der Waals surface area contributed by atoms with Crippen molar-refractivity contribution in [1.29, 1.82) is 0 Å². The van der Waals surface area contributed by atoms with E-state index in [0.717, 1.165) is 220 Å². The van der Waals surface area contributed by atoms with Gasteiger partial charge in [-0.15, -0.1) is 0 Å². The molecule has 109 heavy (non-hydrogen) atoms. The van der Waals surface area contributed by atoms with E-state index in [-0.39, 0.29) is 0 Å². The zero-order valence-corrected chi connectivity index (χ0v) is 73.8. The summed E-state index contributed by atoms with van der Waals surface area (Å²) in [5.74, 6) is 29.8. The molecule has 2 nitrogen and oxygen atoms in total. The molecule has 0 aromatic rings. The zero-order valence-electron chi connectivity index (χ0n) is 73.8. The molecule has 616 valence electrons. The fraction of sp³-hybridized carbons (Fsp3) is 1.00. The summed E-state index contributed by atoms with van der Waals surface area (Å²) in [6.45, 7) is 25.3. The van der Waals surface area contributed by atoms with Crippen molar-refractivity contribution in [2.24, 2.45) is 176 Å². The minimum atomic E-state index is 0.434. The lowest BCUT2D eigenvalue weighted by Crippen LogP contribution is -2.77. The number of fused-ring (bicyclic) bond motifs is 4. The second-order valence-corrected chi connectivity index (χ2v) is 50.5. The molecular weight excluding hydrogens is 1310 g/mol. The van der Waals surface area contributed by atoms with Crippen LogP contribution in [-0.2, 0) is 0 Å². The number of rotatable bonds is 11. The molecule has 19 rings (SSSR count). The lowest BCUT2D eigenvalue weighted by atomic mass is 9.17. The quantitative estimate of drug-likeness (QED) is 0.190. The maximum Gasteiger partial charge on any atom is 0.156 e.